The summed E-state index contributed by atoms with van der Waals surface area (Å²) in [5, 5.41) is 16.4. The number of carbonyl (C=O) groups is 2. The van der Waals surface area contributed by atoms with Crippen LogP contribution in [0.1, 0.15) is 26.3 Å². The van der Waals surface area contributed by atoms with Gasteiger partial charge in [-0.1, -0.05) is 23.5 Å². The van der Waals surface area contributed by atoms with Crippen LogP contribution in [0, 0.1) is 0 Å². The highest BCUT2D eigenvalue weighted by Crippen LogP contribution is 2.12. The van der Waals surface area contributed by atoms with E-state index >= 15 is 0 Å². The fourth-order valence-corrected chi connectivity index (χ4v) is 2.82. The van der Waals surface area contributed by atoms with Crippen LogP contribution in [-0.2, 0) is 6.42 Å². The van der Waals surface area contributed by atoms with Gasteiger partial charge in [-0.3, -0.25) is 14.9 Å². The van der Waals surface area contributed by atoms with E-state index in [1.54, 1.807) is 30.8 Å². The lowest BCUT2D eigenvalue weighted by Gasteiger charge is -2.08. The molecule has 9 heteroatoms. The Morgan fingerprint density at radius 2 is 2.00 bits per heavy atom. The van der Waals surface area contributed by atoms with E-state index in [1.165, 1.54) is 17.5 Å². The van der Waals surface area contributed by atoms with Gasteiger partial charge in [0, 0.05) is 25.4 Å². The summed E-state index contributed by atoms with van der Waals surface area (Å²) < 4.78 is 0. The first-order valence-corrected chi connectivity index (χ1v) is 9.12. The van der Waals surface area contributed by atoms with Crippen LogP contribution in [0.25, 0.3) is 0 Å². The molecule has 138 valence electrons. The van der Waals surface area contributed by atoms with Crippen LogP contribution < -0.4 is 16.0 Å². The number of aromatic nitrogens is 3. The van der Waals surface area contributed by atoms with Crippen molar-refractivity contribution in [3.05, 3.63) is 64.8 Å². The third kappa shape index (κ3) is 5.08. The van der Waals surface area contributed by atoms with Gasteiger partial charge in [-0.2, -0.15) is 0 Å². The predicted molar refractivity (Wildman–Crippen MR) is 104 cm³/mol. The van der Waals surface area contributed by atoms with Crippen molar-refractivity contribution in [1.82, 2.24) is 20.5 Å². The minimum Gasteiger partial charge on any atom is -0.370 e. The first kappa shape index (κ1) is 18.5. The Labute approximate surface area is 160 Å². The summed E-state index contributed by atoms with van der Waals surface area (Å²) in [6, 6.07) is 10.9. The van der Waals surface area contributed by atoms with E-state index < -0.39 is 0 Å². The largest absolute Gasteiger partial charge is 0.370 e. The zero-order chi connectivity index (χ0) is 19.1. The standard InChI is InChI=1S/C18H18N6O2S/c1-19-16(25)13-4-2-3-12(9-13)7-8-20-15-6-5-14(10-21-15)17(26)23-18-24-22-11-27-18/h2-6,9-11H,7-8H2,1H3,(H,19,25)(H,20,21)(H,23,24,26). The molecule has 27 heavy (non-hydrogen) atoms. The van der Waals surface area contributed by atoms with Crippen molar-refractivity contribution < 1.29 is 9.59 Å². The van der Waals surface area contributed by atoms with Gasteiger partial charge in [-0.25, -0.2) is 4.98 Å². The molecule has 0 radical (unpaired) electrons. The highest BCUT2D eigenvalue weighted by Gasteiger charge is 2.08. The number of rotatable bonds is 7. The first-order chi connectivity index (χ1) is 13.2. The number of pyridine rings is 1. The predicted octanol–water partition coefficient (Wildman–Crippen LogP) is 2.20. The van der Waals surface area contributed by atoms with Crippen LogP contribution in [0.15, 0.2) is 48.1 Å². The summed E-state index contributed by atoms with van der Waals surface area (Å²) in [5.74, 6) is 0.288. The Balaban J connectivity index is 1.52. The first-order valence-electron chi connectivity index (χ1n) is 8.24. The van der Waals surface area contributed by atoms with Gasteiger partial charge in [-0.15, -0.1) is 10.2 Å². The molecule has 0 saturated heterocycles. The smallest absolute Gasteiger partial charge is 0.259 e. The van der Waals surface area contributed by atoms with Crippen molar-refractivity contribution in [3.63, 3.8) is 0 Å². The Morgan fingerprint density at radius 1 is 1.11 bits per heavy atom. The molecule has 1 aromatic carbocycles. The van der Waals surface area contributed by atoms with Crippen molar-refractivity contribution >= 4 is 34.1 Å². The molecule has 0 bridgehead atoms. The highest BCUT2D eigenvalue weighted by molar-refractivity contribution is 7.13. The summed E-state index contributed by atoms with van der Waals surface area (Å²) in [7, 11) is 1.61. The van der Waals surface area contributed by atoms with Gasteiger partial charge < -0.3 is 10.6 Å². The third-order valence-electron chi connectivity index (χ3n) is 3.74. The summed E-state index contributed by atoms with van der Waals surface area (Å²) in [6.45, 7) is 0.653. The Bertz CT molecular complexity index is 912. The van der Waals surface area contributed by atoms with Gasteiger partial charge in [0.15, 0.2) is 0 Å². The van der Waals surface area contributed by atoms with Crippen molar-refractivity contribution in [3.8, 4) is 0 Å². The fourth-order valence-electron chi connectivity index (χ4n) is 2.38. The van der Waals surface area contributed by atoms with E-state index in [0.717, 1.165) is 12.0 Å². The molecule has 3 aromatic rings. The second-order valence-electron chi connectivity index (χ2n) is 5.59. The van der Waals surface area contributed by atoms with Gasteiger partial charge in [0.1, 0.15) is 11.3 Å². The maximum atomic E-state index is 12.1. The Kier molecular flexibility index (Phi) is 6.06. The average molecular weight is 382 g/mol. The lowest BCUT2D eigenvalue weighted by Crippen LogP contribution is -2.18. The number of anilines is 2. The molecule has 0 aliphatic rings. The zero-order valence-electron chi connectivity index (χ0n) is 14.6. The number of carbonyl (C=O) groups excluding carboxylic acids is 2. The van der Waals surface area contributed by atoms with Crippen LogP contribution in [0.4, 0.5) is 10.9 Å². The SMILES string of the molecule is CNC(=O)c1cccc(CCNc2ccc(C(=O)Nc3nncs3)cn2)c1. The third-order valence-corrected chi connectivity index (χ3v) is 4.35. The fraction of sp³-hybridized carbons (Fsp3) is 0.167. The molecule has 3 rings (SSSR count). The van der Waals surface area contributed by atoms with Gasteiger partial charge in [0.05, 0.1) is 5.56 Å². The van der Waals surface area contributed by atoms with Crippen molar-refractivity contribution in [2.45, 2.75) is 6.42 Å². The second-order valence-corrected chi connectivity index (χ2v) is 6.42. The molecule has 2 heterocycles. The molecule has 0 atom stereocenters. The Morgan fingerprint density at radius 3 is 2.70 bits per heavy atom. The molecular formula is C18H18N6O2S. The molecule has 2 aromatic heterocycles. The maximum Gasteiger partial charge on any atom is 0.259 e. The molecule has 0 fully saturated rings. The average Bonchev–Trinajstić information content (AvgIpc) is 3.21. The van der Waals surface area contributed by atoms with Crippen molar-refractivity contribution in [2.24, 2.45) is 0 Å². The normalized spacial score (nSPS) is 10.3. The lowest BCUT2D eigenvalue weighted by atomic mass is 10.1. The van der Waals surface area contributed by atoms with E-state index in [1.807, 2.05) is 18.2 Å². The number of nitrogens with one attached hydrogen (secondary N) is 3. The zero-order valence-corrected chi connectivity index (χ0v) is 15.4. The van der Waals surface area contributed by atoms with E-state index in [2.05, 4.69) is 31.1 Å². The monoisotopic (exact) mass is 382 g/mol. The van der Waals surface area contributed by atoms with Crippen LogP contribution in [0.2, 0.25) is 0 Å². The van der Waals surface area contributed by atoms with E-state index in [-0.39, 0.29) is 11.8 Å². The minimum absolute atomic E-state index is 0.103. The second kappa shape index (κ2) is 8.86. The molecule has 0 spiro atoms. The van der Waals surface area contributed by atoms with E-state index in [9.17, 15) is 9.59 Å². The molecule has 0 aliphatic carbocycles. The molecular weight excluding hydrogens is 364 g/mol. The van der Waals surface area contributed by atoms with Crippen molar-refractivity contribution in [1.29, 1.82) is 0 Å². The number of amides is 2. The van der Waals surface area contributed by atoms with Gasteiger partial charge in [-0.05, 0) is 36.2 Å². The number of hydrogen-bond acceptors (Lipinski definition) is 7. The maximum absolute atomic E-state index is 12.1. The van der Waals surface area contributed by atoms with E-state index in [4.69, 9.17) is 0 Å². The van der Waals surface area contributed by atoms with Crippen LogP contribution in [-0.4, -0.2) is 40.6 Å². The van der Waals surface area contributed by atoms with Crippen LogP contribution in [0.3, 0.4) is 0 Å². The summed E-state index contributed by atoms with van der Waals surface area (Å²) in [6.07, 6.45) is 2.25. The number of nitrogens with zero attached hydrogens (tertiary/aromatic N) is 3. The van der Waals surface area contributed by atoms with Gasteiger partial charge in [0.2, 0.25) is 5.13 Å². The van der Waals surface area contributed by atoms with Crippen molar-refractivity contribution in [2.75, 3.05) is 24.2 Å². The quantitative estimate of drug-likeness (QED) is 0.578. The summed E-state index contributed by atoms with van der Waals surface area (Å²) >= 11 is 1.25. The van der Waals surface area contributed by atoms with Crippen LogP contribution >= 0.6 is 11.3 Å². The number of benzene rings is 1. The van der Waals surface area contributed by atoms with Gasteiger partial charge in [0.25, 0.3) is 11.8 Å². The number of hydrogen-bond donors (Lipinski definition) is 3. The summed E-state index contributed by atoms with van der Waals surface area (Å²) in [4.78, 5) is 28.0. The molecule has 0 aliphatic heterocycles. The molecule has 2 amide bonds. The van der Waals surface area contributed by atoms with E-state index in [0.29, 0.717) is 28.6 Å². The minimum atomic E-state index is -0.281. The molecule has 0 unspecified atom stereocenters. The molecule has 8 nitrogen and oxygen atoms in total. The summed E-state index contributed by atoms with van der Waals surface area (Å²) in [5.41, 5.74) is 3.68. The highest BCUT2D eigenvalue weighted by atomic mass is 32.1. The lowest BCUT2D eigenvalue weighted by molar-refractivity contribution is 0.0962. The topological polar surface area (TPSA) is 109 Å². The molecule has 0 saturated carbocycles. The molecule has 3 N–H and O–H groups in total. The Hall–Kier alpha value is -3.33. The van der Waals surface area contributed by atoms with Crippen LogP contribution in [0.5, 0.6) is 0 Å². The van der Waals surface area contributed by atoms with Gasteiger partial charge >= 0.3 is 0 Å².